The Bertz CT molecular complexity index is 1860. The highest BCUT2D eigenvalue weighted by Gasteiger charge is 2.56. The number of carbonyl (C=O) groups excluding carboxylic acids is 1. The maximum absolute atomic E-state index is 15.4. The fourth-order valence-electron chi connectivity index (χ4n) is 6.80. The number of nitrogens with zero attached hydrogens (tertiary/aromatic N) is 2. The van der Waals surface area contributed by atoms with Crippen molar-refractivity contribution in [3.63, 3.8) is 0 Å². The number of quaternary nitrogens is 1. The van der Waals surface area contributed by atoms with Crippen molar-refractivity contribution in [1.82, 2.24) is 8.79 Å². The standard InChI is InChI=1S/C39H45N2O6S/c1-28-34-10-6-8-12-36(34)41(37-13-9-7-11-35(28)37,31-17-19-32(20-18-31)46-29(2)40-24-26-45-27-25-40)48(43,44)33-21-14-30(15-22-33)16-23-38(42)47-39(3,4)5/h6-10,12-15,17-22,29H,11,16,23-27H2,1-5H3/q+1. The first-order valence-corrected chi connectivity index (χ1v) is 18.1. The lowest BCUT2D eigenvalue weighted by Crippen LogP contribution is -2.51. The minimum absolute atomic E-state index is 0.153. The molecule has 0 N–H and O–H groups in total. The Morgan fingerprint density at radius 3 is 2.35 bits per heavy atom. The van der Waals surface area contributed by atoms with Gasteiger partial charge in [-0.25, -0.2) is 0 Å². The van der Waals surface area contributed by atoms with E-state index in [1.807, 2.05) is 88.4 Å². The van der Waals surface area contributed by atoms with E-state index in [2.05, 4.69) is 17.9 Å². The van der Waals surface area contributed by atoms with Crippen LogP contribution >= 0.6 is 0 Å². The van der Waals surface area contributed by atoms with Crippen LogP contribution in [0.25, 0.3) is 5.57 Å². The van der Waals surface area contributed by atoms with E-state index in [9.17, 15) is 4.79 Å². The van der Waals surface area contributed by atoms with Crippen LogP contribution in [-0.2, 0) is 30.7 Å². The Balaban J connectivity index is 1.42. The third kappa shape index (κ3) is 6.40. The first kappa shape index (κ1) is 33.9. The number of allylic oxidation sites excluding steroid dienone is 5. The number of ether oxygens (including phenoxy) is 3. The molecule has 2 aliphatic heterocycles. The monoisotopic (exact) mass is 669 g/mol. The molecule has 6 rings (SSSR count). The van der Waals surface area contributed by atoms with Gasteiger partial charge in [-0.15, -0.1) is 3.89 Å². The molecular formula is C39H45N2O6S+. The predicted molar refractivity (Wildman–Crippen MR) is 189 cm³/mol. The summed E-state index contributed by atoms with van der Waals surface area (Å²) in [5, 5.41) is 0. The summed E-state index contributed by atoms with van der Waals surface area (Å²) >= 11 is 0. The molecule has 252 valence electrons. The zero-order chi connectivity index (χ0) is 34.1. The highest BCUT2D eigenvalue weighted by atomic mass is 32.2. The van der Waals surface area contributed by atoms with Gasteiger partial charge in [-0.2, -0.15) is 8.42 Å². The van der Waals surface area contributed by atoms with Crippen LogP contribution in [-0.4, -0.2) is 57.4 Å². The highest BCUT2D eigenvalue weighted by Crippen LogP contribution is 2.55. The third-order valence-electron chi connectivity index (χ3n) is 9.15. The minimum atomic E-state index is -4.16. The molecule has 0 aromatic heterocycles. The topological polar surface area (TPSA) is 82.1 Å². The van der Waals surface area contributed by atoms with Crippen molar-refractivity contribution in [3.05, 3.63) is 113 Å². The molecule has 3 aliphatic rings. The minimum Gasteiger partial charge on any atom is -0.475 e. The van der Waals surface area contributed by atoms with Gasteiger partial charge >= 0.3 is 16.0 Å². The maximum Gasteiger partial charge on any atom is 0.341 e. The predicted octanol–water partition coefficient (Wildman–Crippen LogP) is 7.68. The summed E-state index contributed by atoms with van der Waals surface area (Å²) < 4.78 is 47.6. The number of carbonyl (C=O) groups is 1. The molecule has 2 atom stereocenters. The van der Waals surface area contributed by atoms with Crippen molar-refractivity contribution < 1.29 is 27.4 Å². The molecule has 0 spiro atoms. The van der Waals surface area contributed by atoms with Crippen LogP contribution in [0, 0.1) is 0 Å². The zero-order valence-corrected chi connectivity index (χ0v) is 29.3. The molecule has 0 radical (unpaired) electrons. The molecule has 2 unspecified atom stereocenters. The van der Waals surface area contributed by atoms with Gasteiger partial charge in [0, 0.05) is 54.9 Å². The first-order chi connectivity index (χ1) is 22.9. The van der Waals surface area contributed by atoms with Crippen molar-refractivity contribution in [1.29, 1.82) is 0 Å². The van der Waals surface area contributed by atoms with E-state index in [0.717, 1.165) is 35.4 Å². The number of para-hydroxylation sites is 1. The number of rotatable bonds is 9. The highest BCUT2D eigenvalue weighted by molar-refractivity contribution is 7.91. The van der Waals surface area contributed by atoms with E-state index in [0.29, 0.717) is 48.9 Å². The summed E-state index contributed by atoms with van der Waals surface area (Å²) in [6.07, 6.45) is 7.09. The fourth-order valence-corrected chi connectivity index (χ4v) is 8.84. The smallest absolute Gasteiger partial charge is 0.341 e. The SMILES string of the molecule is CC1=C2CC=CC=C2[N+](c2ccc(OC(C)N3CCOCC3)cc2)(S(=O)(=O)c2ccc(CCC(=O)OC(C)(C)C)cc2)c2ccccc21. The van der Waals surface area contributed by atoms with E-state index < -0.39 is 19.5 Å². The average Bonchev–Trinajstić information content (AvgIpc) is 3.08. The lowest BCUT2D eigenvalue weighted by Gasteiger charge is -2.42. The van der Waals surface area contributed by atoms with Crippen LogP contribution in [0.5, 0.6) is 5.75 Å². The normalized spacial score (nSPS) is 20.4. The Morgan fingerprint density at radius 2 is 1.67 bits per heavy atom. The summed E-state index contributed by atoms with van der Waals surface area (Å²) in [6.45, 7) is 12.6. The van der Waals surface area contributed by atoms with Crippen LogP contribution in [0.15, 0.2) is 107 Å². The van der Waals surface area contributed by atoms with Crippen molar-refractivity contribution in [3.8, 4) is 5.75 Å². The van der Waals surface area contributed by atoms with Crippen LogP contribution < -0.4 is 8.63 Å². The molecule has 0 amide bonds. The lowest BCUT2D eigenvalue weighted by molar-refractivity contribution is -0.154. The lowest BCUT2D eigenvalue weighted by atomic mass is 9.87. The molecule has 48 heavy (non-hydrogen) atoms. The van der Waals surface area contributed by atoms with Crippen LogP contribution in [0.1, 0.15) is 58.6 Å². The fraction of sp³-hybridized carbons (Fsp3) is 0.359. The Morgan fingerprint density at radius 1 is 0.979 bits per heavy atom. The molecule has 1 saturated heterocycles. The number of esters is 1. The maximum atomic E-state index is 15.4. The molecule has 9 heteroatoms. The third-order valence-corrected chi connectivity index (χ3v) is 11.3. The average molecular weight is 670 g/mol. The van der Waals surface area contributed by atoms with Gasteiger partial charge in [-0.3, -0.25) is 9.69 Å². The second-order valence-electron chi connectivity index (χ2n) is 13.5. The number of fused-ring (bicyclic) bond motifs is 2. The van der Waals surface area contributed by atoms with E-state index in [-0.39, 0.29) is 23.5 Å². The number of benzene rings is 3. The molecule has 1 fully saturated rings. The molecule has 3 aromatic rings. The quantitative estimate of drug-likeness (QED) is 0.171. The summed E-state index contributed by atoms with van der Waals surface area (Å²) in [5.74, 6) is 0.379. The van der Waals surface area contributed by atoms with Crippen molar-refractivity contribution in [2.45, 2.75) is 70.6 Å². The van der Waals surface area contributed by atoms with Gasteiger partial charge < -0.3 is 14.2 Å². The van der Waals surface area contributed by atoms with Crippen molar-refractivity contribution >= 4 is 32.9 Å². The second-order valence-corrected chi connectivity index (χ2v) is 15.4. The molecule has 3 aromatic carbocycles. The number of hydrogen-bond acceptors (Lipinski definition) is 7. The number of morpholine rings is 1. The first-order valence-electron chi connectivity index (χ1n) is 16.6. The van der Waals surface area contributed by atoms with Gasteiger partial charge in [0.15, 0.2) is 17.1 Å². The molecule has 0 bridgehead atoms. The molecule has 2 heterocycles. The second kappa shape index (κ2) is 13.5. The van der Waals surface area contributed by atoms with E-state index in [4.69, 9.17) is 14.2 Å². The molecule has 8 nitrogen and oxygen atoms in total. The number of sulfonamides is 1. The van der Waals surface area contributed by atoms with E-state index >= 15 is 8.42 Å². The summed E-state index contributed by atoms with van der Waals surface area (Å²) in [4.78, 5) is 14.8. The summed E-state index contributed by atoms with van der Waals surface area (Å²) in [6, 6.07) is 22.2. The number of aryl methyl sites for hydroxylation is 1. The largest absolute Gasteiger partial charge is 0.475 e. The molecule has 0 saturated carbocycles. The molecular weight excluding hydrogens is 625 g/mol. The van der Waals surface area contributed by atoms with E-state index in [1.54, 1.807) is 24.3 Å². The van der Waals surface area contributed by atoms with Crippen LogP contribution in [0.3, 0.4) is 0 Å². The van der Waals surface area contributed by atoms with Gasteiger partial charge in [-0.05, 0) is 88.9 Å². The van der Waals surface area contributed by atoms with Crippen molar-refractivity contribution in [2.75, 3.05) is 26.3 Å². The van der Waals surface area contributed by atoms with E-state index in [1.165, 1.54) is 0 Å². The van der Waals surface area contributed by atoms with Gasteiger partial charge in [0.05, 0.1) is 13.2 Å². The zero-order valence-electron chi connectivity index (χ0n) is 28.4. The number of hydrogen-bond donors (Lipinski definition) is 0. The Kier molecular flexibility index (Phi) is 9.51. The van der Waals surface area contributed by atoms with Crippen molar-refractivity contribution in [2.24, 2.45) is 0 Å². The molecule has 1 aliphatic carbocycles. The summed E-state index contributed by atoms with van der Waals surface area (Å²) in [7, 11) is -4.16. The Labute approximate surface area is 284 Å². The van der Waals surface area contributed by atoms with Gasteiger partial charge in [0.2, 0.25) is 0 Å². The summed E-state index contributed by atoms with van der Waals surface area (Å²) in [5.41, 5.74) is 5.24. The van der Waals surface area contributed by atoms with Crippen LogP contribution in [0.4, 0.5) is 11.4 Å². The van der Waals surface area contributed by atoms with Gasteiger partial charge in [0.1, 0.15) is 22.5 Å². The van der Waals surface area contributed by atoms with Gasteiger partial charge in [-0.1, -0.05) is 36.4 Å². The van der Waals surface area contributed by atoms with Gasteiger partial charge in [0.25, 0.3) is 0 Å². The Hall–Kier alpha value is -4.02. The van der Waals surface area contributed by atoms with Crippen LogP contribution in [0.2, 0.25) is 0 Å².